The molecule has 0 unspecified atom stereocenters. The maximum atomic E-state index is 11.2. The third kappa shape index (κ3) is 0.777. The highest BCUT2D eigenvalue weighted by molar-refractivity contribution is 5.63. The Labute approximate surface area is 65.9 Å². The molecular formula is C6H7N4O2+. The molecule has 0 radical (unpaired) electrons. The molecule has 0 amide bonds. The second-order valence-corrected chi connectivity index (χ2v) is 2.52. The molecule has 0 aliphatic carbocycles. The van der Waals surface area contributed by atoms with Gasteiger partial charge in [-0.15, -0.1) is 0 Å². The molecular weight excluding hydrogens is 160 g/mol. The Morgan fingerprint density at radius 3 is 2.83 bits per heavy atom. The molecule has 0 spiro atoms. The van der Waals surface area contributed by atoms with Gasteiger partial charge in [-0.1, -0.05) is 0 Å². The van der Waals surface area contributed by atoms with Crippen LogP contribution in [0.1, 0.15) is 0 Å². The summed E-state index contributed by atoms with van der Waals surface area (Å²) >= 11 is 0. The van der Waals surface area contributed by atoms with Crippen LogP contribution >= 0.6 is 0 Å². The zero-order chi connectivity index (χ0) is 8.72. The van der Waals surface area contributed by atoms with Gasteiger partial charge >= 0.3 is 11.2 Å². The van der Waals surface area contributed by atoms with Gasteiger partial charge in [0.25, 0.3) is 11.2 Å². The van der Waals surface area contributed by atoms with Gasteiger partial charge in [0, 0.05) is 0 Å². The fraction of sp³-hybridized carbons (Fsp3) is 0.167. The number of aryl methyl sites for hydroxylation is 1. The molecule has 0 aliphatic rings. The van der Waals surface area contributed by atoms with Crippen molar-refractivity contribution in [3.8, 4) is 0 Å². The van der Waals surface area contributed by atoms with Crippen molar-refractivity contribution in [1.82, 2.24) is 15.0 Å². The van der Waals surface area contributed by atoms with Crippen molar-refractivity contribution in [3.63, 3.8) is 0 Å². The fourth-order valence-electron chi connectivity index (χ4n) is 1.15. The second kappa shape index (κ2) is 2.07. The van der Waals surface area contributed by atoms with Crippen LogP contribution in [0.25, 0.3) is 11.2 Å². The zero-order valence-corrected chi connectivity index (χ0v) is 6.34. The third-order valence-corrected chi connectivity index (χ3v) is 1.67. The largest absolute Gasteiger partial charge is 0.329 e. The fourth-order valence-corrected chi connectivity index (χ4v) is 1.15. The molecule has 2 aromatic rings. The van der Waals surface area contributed by atoms with Crippen molar-refractivity contribution in [1.29, 1.82) is 0 Å². The Kier molecular flexibility index (Phi) is 1.18. The van der Waals surface area contributed by atoms with Crippen molar-refractivity contribution < 1.29 is 4.57 Å². The monoisotopic (exact) mass is 167 g/mol. The van der Waals surface area contributed by atoms with Crippen molar-refractivity contribution in [2.45, 2.75) is 0 Å². The van der Waals surface area contributed by atoms with Crippen LogP contribution in [0, 0.1) is 0 Å². The molecule has 2 aromatic heterocycles. The summed E-state index contributed by atoms with van der Waals surface area (Å²) in [6.45, 7) is 0. The first-order chi connectivity index (χ1) is 5.68. The van der Waals surface area contributed by atoms with Crippen LogP contribution in [0.15, 0.2) is 15.9 Å². The highest BCUT2D eigenvalue weighted by Gasteiger charge is 2.10. The number of nitrogens with one attached hydrogen (secondary N) is 3. The van der Waals surface area contributed by atoms with E-state index in [1.165, 1.54) is 0 Å². The van der Waals surface area contributed by atoms with E-state index in [1.54, 1.807) is 17.9 Å². The average molecular weight is 167 g/mol. The minimum atomic E-state index is -0.505. The second-order valence-electron chi connectivity index (χ2n) is 2.52. The minimum Gasteiger partial charge on any atom is -0.271 e. The summed E-state index contributed by atoms with van der Waals surface area (Å²) in [4.78, 5) is 29.3. The molecule has 0 saturated heterocycles. The molecule has 0 aromatic carbocycles. The molecule has 62 valence electrons. The van der Waals surface area contributed by atoms with Gasteiger partial charge in [-0.3, -0.25) is 14.8 Å². The lowest BCUT2D eigenvalue weighted by atomic mass is 10.5. The smallest absolute Gasteiger partial charge is 0.271 e. The molecule has 0 atom stereocenters. The Hall–Kier alpha value is -1.85. The third-order valence-electron chi connectivity index (χ3n) is 1.67. The molecule has 6 heteroatoms. The summed E-state index contributed by atoms with van der Waals surface area (Å²) in [5, 5.41) is 0. The summed E-state index contributed by atoms with van der Waals surface area (Å²) < 4.78 is 1.60. The van der Waals surface area contributed by atoms with Crippen LogP contribution in [0.5, 0.6) is 0 Å². The van der Waals surface area contributed by atoms with Crippen LogP contribution in [-0.4, -0.2) is 15.0 Å². The number of aromatic amines is 3. The highest BCUT2D eigenvalue weighted by Crippen LogP contribution is 1.90. The molecule has 2 rings (SSSR count). The van der Waals surface area contributed by atoms with Crippen molar-refractivity contribution in [2.75, 3.05) is 0 Å². The van der Waals surface area contributed by atoms with Crippen LogP contribution in [0.4, 0.5) is 0 Å². The van der Waals surface area contributed by atoms with Crippen molar-refractivity contribution >= 4 is 11.2 Å². The first-order valence-electron chi connectivity index (χ1n) is 3.38. The van der Waals surface area contributed by atoms with E-state index >= 15 is 0 Å². The minimum absolute atomic E-state index is 0.391. The van der Waals surface area contributed by atoms with Gasteiger partial charge in [-0.25, -0.2) is 14.3 Å². The van der Waals surface area contributed by atoms with Crippen LogP contribution in [0.3, 0.4) is 0 Å². The normalized spacial score (nSPS) is 10.8. The average Bonchev–Trinajstić information content (AvgIpc) is 2.31. The van der Waals surface area contributed by atoms with Gasteiger partial charge in [-0.05, 0) is 0 Å². The molecule has 2 heterocycles. The molecule has 12 heavy (non-hydrogen) atoms. The van der Waals surface area contributed by atoms with Gasteiger partial charge < -0.3 is 0 Å². The summed E-state index contributed by atoms with van der Waals surface area (Å²) in [5.41, 5.74) is -0.0340. The van der Waals surface area contributed by atoms with Crippen LogP contribution < -0.4 is 15.8 Å². The topological polar surface area (TPSA) is 85.4 Å². The van der Waals surface area contributed by atoms with Crippen LogP contribution in [0.2, 0.25) is 0 Å². The molecule has 0 bridgehead atoms. The van der Waals surface area contributed by atoms with Gasteiger partial charge in [0.2, 0.25) is 6.33 Å². The van der Waals surface area contributed by atoms with Crippen molar-refractivity contribution in [2.24, 2.45) is 7.05 Å². The van der Waals surface area contributed by atoms with E-state index in [1.807, 2.05) is 0 Å². The predicted molar refractivity (Wildman–Crippen MR) is 40.7 cm³/mol. The highest BCUT2D eigenvalue weighted by atomic mass is 16.2. The standard InChI is InChI=1S/C6H6N4O2/c1-10-2-7-4-3(10)5(11)9-6(12)8-4/h2H,1H3,(H2,8,9,11,12)/p+1. The number of rotatable bonds is 0. The molecule has 3 N–H and O–H groups in total. The Morgan fingerprint density at radius 1 is 1.33 bits per heavy atom. The SMILES string of the molecule is C[n+]1c[nH]c2[nH]c(=O)[nH]c(=O)c21. The lowest BCUT2D eigenvalue weighted by Gasteiger charge is -1.83. The number of fused-ring (bicyclic) bond motifs is 1. The first-order valence-corrected chi connectivity index (χ1v) is 3.38. The summed E-state index contributed by atoms with van der Waals surface area (Å²) in [6.07, 6.45) is 1.59. The van der Waals surface area contributed by atoms with E-state index in [0.29, 0.717) is 11.2 Å². The van der Waals surface area contributed by atoms with Crippen LogP contribution in [-0.2, 0) is 7.05 Å². The first kappa shape index (κ1) is 6.84. The predicted octanol–water partition coefficient (Wildman–Crippen LogP) is -1.63. The lowest BCUT2D eigenvalue weighted by Crippen LogP contribution is -2.33. The maximum Gasteiger partial charge on any atom is 0.329 e. The summed E-state index contributed by atoms with van der Waals surface area (Å²) in [6, 6.07) is 0. The number of hydrogen-bond donors (Lipinski definition) is 3. The van der Waals surface area contributed by atoms with Gasteiger partial charge in [0.15, 0.2) is 0 Å². The van der Waals surface area contributed by atoms with E-state index < -0.39 is 11.2 Å². The van der Waals surface area contributed by atoms with E-state index in [9.17, 15) is 9.59 Å². The molecule has 0 saturated carbocycles. The quantitative estimate of drug-likeness (QED) is 0.411. The Bertz CT molecular complexity index is 532. The number of H-pyrrole nitrogens is 3. The summed E-state index contributed by atoms with van der Waals surface area (Å²) in [5.74, 6) is 0. The van der Waals surface area contributed by atoms with Gasteiger partial charge in [-0.2, -0.15) is 0 Å². The Morgan fingerprint density at radius 2 is 2.08 bits per heavy atom. The van der Waals surface area contributed by atoms with E-state index in [2.05, 4.69) is 15.0 Å². The number of hydrogen-bond acceptors (Lipinski definition) is 2. The molecule has 6 nitrogen and oxygen atoms in total. The number of nitrogens with zero attached hydrogens (tertiary/aromatic N) is 1. The van der Waals surface area contributed by atoms with Crippen molar-refractivity contribution in [3.05, 3.63) is 27.2 Å². The van der Waals surface area contributed by atoms with E-state index in [-0.39, 0.29) is 0 Å². The summed E-state index contributed by atoms with van der Waals surface area (Å²) in [7, 11) is 1.71. The van der Waals surface area contributed by atoms with Gasteiger partial charge in [0.1, 0.15) is 0 Å². The Balaban J connectivity index is 3.13. The molecule has 0 aliphatic heterocycles. The van der Waals surface area contributed by atoms with Gasteiger partial charge in [0.05, 0.1) is 7.05 Å². The number of imidazole rings is 1. The maximum absolute atomic E-state index is 11.2. The molecule has 0 fully saturated rings. The number of aromatic nitrogens is 4. The zero-order valence-electron chi connectivity index (χ0n) is 6.34. The lowest BCUT2D eigenvalue weighted by molar-refractivity contribution is -0.645. The van der Waals surface area contributed by atoms with E-state index in [4.69, 9.17) is 0 Å². The van der Waals surface area contributed by atoms with E-state index in [0.717, 1.165) is 0 Å².